The van der Waals surface area contributed by atoms with Gasteiger partial charge in [0.25, 0.3) is 5.91 Å². The van der Waals surface area contributed by atoms with Crippen LogP contribution in [0.4, 0.5) is 13.2 Å². The van der Waals surface area contributed by atoms with Gasteiger partial charge in [0, 0.05) is 19.3 Å². The third kappa shape index (κ3) is 5.79. The van der Waals surface area contributed by atoms with Crippen LogP contribution in [-0.4, -0.2) is 52.8 Å². The Morgan fingerprint density at radius 1 is 1.06 bits per heavy atom. The van der Waals surface area contributed by atoms with Crippen LogP contribution in [0.2, 0.25) is 0 Å². The van der Waals surface area contributed by atoms with Crippen LogP contribution in [0.25, 0.3) is 0 Å². The van der Waals surface area contributed by atoms with Crippen LogP contribution in [0.5, 0.6) is 5.75 Å². The molecule has 0 spiro atoms. The molecule has 6 nitrogen and oxygen atoms in total. The van der Waals surface area contributed by atoms with Crippen LogP contribution >= 0.6 is 0 Å². The molecule has 2 amide bonds. The summed E-state index contributed by atoms with van der Waals surface area (Å²) >= 11 is 0. The van der Waals surface area contributed by atoms with Crippen molar-refractivity contribution >= 4 is 11.8 Å². The van der Waals surface area contributed by atoms with E-state index in [2.05, 4.69) is 4.98 Å². The van der Waals surface area contributed by atoms with E-state index in [4.69, 9.17) is 4.74 Å². The van der Waals surface area contributed by atoms with Gasteiger partial charge in [0.2, 0.25) is 5.91 Å². The van der Waals surface area contributed by atoms with Gasteiger partial charge in [0.1, 0.15) is 18.0 Å². The zero-order chi connectivity index (χ0) is 25.0. The highest BCUT2D eigenvalue weighted by Crippen LogP contribution is 2.29. The molecule has 1 aliphatic heterocycles. The Kier molecular flexibility index (Phi) is 7.04. The van der Waals surface area contributed by atoms with Gasteiger partial charge in [0.05, 0.1) is 18.7 Å². The quantitative estimate of drug-likeness (QED) is 0.527. The molecule has 0 unspecified atom stereocenters. The molecule has 4 rings (SSSR count). The van der Waals surface area contributed by atoms with Gasteiger partial charge in [-0.25, -0.2) is 0 Å². The smallest absolute Gasteiger partial charge is 0.417 e. The number of hydrogen-bond donors (Lipinski definition) is 0. The maximum Gasteiger partial charge on any atom is 0.417 e. The summed E-state index contributed by atoms with van der Waals surface area (Å²) in [5, 5.41) is 0. The molecule has 1 saturated heterocycles. The second-order valence-corrected chi connectivity index (χ2v) is 8.33. The van der Waals surface area contributed by atoms with Gasteiger partial charge in [0.15, 0.2) is 0 Å². The van der Waals surface area contributed by atoms with Gasteiger partial charge in [-0.05, 0) is 41.8 Å². The van der Waals surface area contributed by atoms with E-state index in [9.17, 15) is 22.8 Å². The van der Waals surface area contributed by atoms with Gasteiger partial charge >= 0.3 is 6.18 Å². The zero-order valence-corrected chi connectivity index (χ0v) is 19.0. The Morgan fingerprint density at radius 3 is 2.46 bits per heavy atom. The SMILES string of the molecule is COc1cccc(CN2C(=O)CN(C(=O)c3ccc(C(F)(F)F)cn3)C[C@@H]2Cc2ccccc2)c1. The number of pyridine rings is 1. The van der Waals surface area contributed by atoms with Gasteiger partial charge < -0.3 is 14.5 Å². The summed E-state index contributed by atoms with van der Waals surface area (Å²) in [4.78, 5) is 33.1. The van der Waals surface area contributed by atoms with E-state index in [-0.39, 0.29) is 30.7 Å². The van der Waals surface area contributed by atoms with Crippen molar-refractivity contribution in [3.63, 3.8) is 0 Å². The van der Waals surface area contributed by atoms with Gasteiger partial charge in [-0.2, -0.15) is 13.2 Å². The summed E-state index contributed by atoms with van der Waals surface area (Å²) in [6.45, 7) is 0.386. The number of hydrogen-bond acceptors (Lipinski definition) is 4. The minimum atomic E-state index is -4.54. The van der Waals surface area contributed by atoms with Crippen molar-refractivity contribution in [3.8, 4) is 5.75 Å². The lowest BCUT2D eigenvalue weighted by atomic mass is 10.0. The van der Waals surface area contributed by atoms with Crippen LogP contribution in [0.1, 0.15) is 27.2 Å². The fraction of sp³-hybridized carbons (Fsp3) is 0.269. The standard InChI is InChI=1S/C26H24F3N3O3/c1-35-22-9-5-8-19(13-22)15-32-21(12-18-6-3-2-4-7-18)16-31(17-24(32)33)25(34)23-11-10-20(14-30-23)26(27,28)29/h2-11,13-14,21H,12,15-17H2,1H3/t21-/m0/s1. The average molecular weight is 483 g/mol. The lowest BCUT2D eigenvalue weighted by Crippen LogP contribution is -2.58. The number of alkyl halides is 3. The number of aromatic nitrogens is 1. The number of amides is 2. The molecule has 0 saturated carbocycles. The van der Waals surface area contributed by atoms with E-state index >= 15 is 0 Å². The molecule has 2 heterocycles. The van der Waals surface area contributed by atoms with Crippen molar-refractivity contribution < 1.29 is 27.5 Å². The van der Waals surface area contributed by atoms with Crippen molar-refractivity contribution in [3.05, 3.63) is 95.3 Å². The largest absolute Gasteiger partial charge is 0.497 e. The number of methoxy groups -OCH3 is 1. The molecule has 1 aromatic heterocycles. The predicted molar refractivity (Wildman–Crippen MR) is 123 cm³/mol. The van der Waals surface area contributed by atoms with Crippen molar-refractivity contribution in [1.82, 2.24) is 14.8 Å². The second-order valence-electron chi connectivity index (χ2n) is 8.33. The monoisotopic (exact) mass is 483 g/mol. The Hall–Kier alpha value is -3.88. The first-order chi connectivity index (χ1) is 16.7. The molecule has 0 aliphatic carbocycles. The van der Waals surface area contributed by atoms with E-state index < -0.39 is 17.6 Å². The normalized spacial score (nSPS) is 16.3. The summed E-state index contributed by atoms with van der Waals surface area (Å²) in [5.41, 5.74) is 0.823. The highest BCUT2D eigenvalue weighted by Gasteiger charge is 2.36. The van der Waals surface area contributed by atoms with Crippen LogP contribution in [-0.2, 0) is 23.9 Å². The molecular weight excluding hydrogens is 459 g/mol. The lowest BCUT2D eigenvalue weighted by Gasteiger charge is -2.41. The Balaban J connectivity index is 1.57. The molecule has 0 bridgehead atoms. The maximum atomic E-state index is 13.2. The third-order valence-electron chi connectivity index (χ3n) is 5.92. The van der Waals surface area contributed by atoms with E-state index in [1.165, 1.54) is 4.90 Å². The van der Waals surface area contributed by atoms with Crippen molar-refractivity contribution in [2.75, 3.05) is 20.2 Å². The molecule has 35 heavy (non-hydrogen) atoms. The highest BCUT2D eigenvalue weighted by molar-refractivity contribution is 5.95. The first-order valence-electron chi connectivity index (χ1n) is 11.0. The van der Waals surface area contributed by atoms with Crippen LogP contribution in [0.3, 0.4) is 0 Å². The fourth-order valence-corrected chi connectivity index (χ4v) is 4.13. The van der Waals surface area contributed by atoms with Gasteiger partial charge in [-0.15, -0.1) is 0 Å². The fourth-order valence-electron chi connectivity index (χ4n) is 4.13. The average Bonchev–Trinajstić information content (AvgIpc) is 2.86. The van der Waals surface area contributed by atoms with Gasteiger partial charge in [-0.3, -0.25) is 14.6 Å². The molecule has 1 aliphatic rings. The highest BCUT2D eigenvalue weighted by atomic mass is 19.4. The predicted octanol–water partition coefficient (Wildman–Crippen LogP) is 4.20. The number of halogens is 3. The maximum absolute atomic E-state index is 13.2. The minimum absolute atomic E-state index is 0.134. The number of nitrogens with zero attached hydrogens (tertiary/aromatic N) is 3. The van der Waals surface area contributed by atoms with Crippen molar-refractivity contribution in [2.24, 2.45) is 0 Å². The van der Waals surface area contributed by atoms with Crippen molar-refractivity contribution in [2.45, 2.75) is 25.2 Å². The Labute approximate surface area is 200 Å². The summed E-state index contributed by atoms with van der Waals surface area (Å²) in [5.74, 6) is -0.150. The summed E-state index contributed by atoms with van der Waals surface area (Å²) in [6, 6.07) is 18.6. The zero-order valence-electron chi connectivity index (χ0n) is 19.0. The van der Waals surface area contributed by atoms with E-state index in [1.54, 1.807) is 12.0 Å². The summed E-state index contributed by atoms with van der Waals surface area (Å²) < 4.78 is 43.9. The van der Waals surface area contributed by atoms with E-state index in [0.717, 1.165) is 23.3 Å². The van der Waals surface area contributed by atoms with Crippen LogP contribution < -0.4 is 4.74 Å². The minimum Gasteiger partial charge on any atom is -0.497 e. The Morgan fingerprint density at radius 2 is 1.80 bits per heavy atom. The van der Waals surface area contributed by atoms with Crippen LogP contribution in [0.15, 0.2) is 72.9 Å². The molecule has 182 valence electrons. The Bertz CT molecular complexity index is 1180. The molecule has 0 radical (unpaired) electrons. The van der Waals surface area contributed by atoms with Gasteiger partial charge in [-0.1, -0.05) is 42.5 Å². The first kappa shape index (κ1) is 24.3. The molecule has 2 aromatic carbocycles. The van der Waals surface area contributed by atoms with E-state index in [1.807, 2.05) is 54.6 Å². The number of ether oxygens (including phenoxy) is 1. The molecule has 0 N–H and O–H groups in total. The van der Waals surface area contributed by atoms with E-state index in [0.29, 0.717) is 24.9 Å². The third-order valence-corrected chi connectivity index (χ3v) is 5.92. The first-order valence-corrected chi connectivity index (χ1v) is 11.0. The number of rotatable bonds is 6. The topological polar surface area (TPSA) is 62.7 Å². The summed E-state index contributed by atoms with van der Waals surface area (Å²) in [6.07, 6.45) is -3.40. The molecule has 3 aromatic rings. The second kappa shape index (κ2) is 10.2. The van der Waals surface area contributed by atoms with Crippen molar-refractivity contribution in [1.29, 1.82) is 0 Å². The summed E-state index contributed by atoms with van der Waals surface area (Å²) in [7, 11) is 1.57. The molecule has 1 atom stereocenters. The molecular formula is C26H24F3N3O3. The molecule has 1 fully saturated rings. The number of benzene rings is 2. The lowest BCUT2D eigenvalue weighted by molar-refractivity contribution is -0.139. The molecule has 9 heteroatoms. The van der Waals surface area contributed by atoms with Crippen LogP contribution in [0, 0.1) is 0 Å². The number of carbonyl (C=O) groups is 2. The number of piperazine rings is 1. The number of carbonyl (C=O) groups excluding carboxylic acids is 2.